The van der Waals surface area contributed by atoms with Crippen molar-refractivity contribution in [3.05, 3.63) is 18.2 Å². The predicted molar refractivity (Wildman–Crippen MR) is 98.9 cm³/mol. The lowest BCUT2D eigenvalue weighted by atomic mass is 10.0. The molecule has 0 radical (unpaired) electrons. The molecular formula is C19H27N3O4. The van der Waals surface area contributed by atoms with Crippen molar-refractivity contribution in [2.75, 3.05) is 45.3 Å². The highest BCUT2D eigenvalue weighted by atomic mass is 16.5. The van der Waals surface area contributed by atoms with E-state index in [9.17, 15) is 9.59 Å². The van der Waals surface area contributed by atoms with Crippen LogP contribution in [0.15, 0.2) is 18.2 Å². The molecule has 0 saturated carbocycles. The summed E-state index contributed by atoms with van der Waals surface area (Å²) in [5.74, 6) is 1.24. The Morgan fingerprint density at radius 2 is 1.88 bits per heavy atom. The van der Waals surface area contributed by atoms with Gasteiger partial charge in [-0.1, -0.05) is 0 Å². The zero-order valence-corrected chi connectivity index (χ0v) is 15.7. The summed E-state index contributed by atoms with van der Waals surface area (Å²) in [6, 6.07) is 5.52. The first-order valence-corrected chi connectivity index (χ1v) is 9.13. The molecule has 7 heteroatoms. The van der Waals surface area contributed by atoms with Gasteiger partial charge in [-0.25, -0.2) is 4.79 Å². The van der Waals surface area contributed by atoms with E-state index >= 15 is 0 Å². The number of anilines is 1. The van der Waals surface area contributed by atoms with Crippen molar-refractivity contribution in [1.82, 2.24) is 9.80 Å². The number of ether oxygens (including phenoxy) is 2. The maximum absolute atomic E-state index is 12.8. The molecule has 2 aliphatic rings. The molecule has 26 heavy (non-hydrogen) atoms. The molecule has 1 aromatic rings. The van der Waals surface area contributed by atoms with Crippen LogP contribution in [-0.4, -0.2) is 68.2 Å². The molecule has 3 rings (SSSR count). The van der Waals surface area contributed by atoms with Crippen molar-refractivity contribution >= 4 is 17.6 Å². The minimum Gasteiger partial charge on any atom is -0.493 e. The summed E-state index contributed by atoms with van der Waals surface area (Å²) in [7, 11) is 3.14. The van der Waals surface area contributed by atoms with Crippen LogP contribution < -0.4 is 14.4 Å². The quantitative estimate of drug-likeness (QED) is 0.808. The van der Waals surface area contributed by atoms with Crippen molar-refractivity contribution < 1.29 is 19.1 Å². The van der Waals surface area contributed by atoms with Crippen LogP contribution in [0.4, 0.5) is 10.5 Å². The van der Waals surface area contributed by atoms with Crippen LogP contribution in [-0.2, 0) is 4.79 Å². The fraction of sp³-hybridized carbons (Fsp3) is 0.579. The number of piperidine rings is 1. The van der Waals surface area contributed by atoms with E-state index in [-0.39, 0.29) is 24.5 Å². The maximum Gasteiger partial charge on any atom is 0.325 e. The maximum atomic E-state index is 12.8. The Kier molecular flexibility index (Phi) is 5.54. The van der Waals surface area contributed by atoms with Gasteiger partial charge in [-0.3, -0.25) is 9.69 Å². The van der Waals surface area contributed by atoms with Gasteiger partial charge in [-0.05, 0) is 38.3 Å². The zero-order valence-electron chi connectivity index (χ0n) is 15.7. The van der Waals surface area contributed by atoms with Crippen molar-refractivity contribution in [3.63, 3.8) is 0 Å². The molecule has 0 spiro atoms. The Bertz CT molecular complexity index is 679. The molecule has 0 aliphatic carbocycles. The number of urea groups is 1. The highest BCUT2D eigenvalue weighted by Crippen LogP contribution is 2.32. The van der Waals surface area contributed by atoms with Gasteiger partial charge in [0.1, 0.15) is 6.54 Å². The lowest BCUT2D eigenvalue weighted by molar-refractivity contribution is -0.134. The van der Waals surface area contributed by atoms with E-state index in [1.54, 1.807) is 36.2 Å². The summed E-state index contributed by atoms with van der Waals surface area (Å²) in [5.41, 5.74) is 0.744. The third kappa shape index (κ3) is 3.57. The first-order chi connectivity index (χ1) is 12.5. The van der Waals surface area contributed by atoms with Crippen LogP contribution in [0.3, 0.4) is 0 Å². The normalized spacial score (nSPS) is 20.5. The van der Waals surface area contributed by atoms with Gasteiger partial charge >= 0.3 is 6.03 Å². The molecule has 1 atom stereocenters. The predicted octanol–water partition coefficient (Wildman–Crippen LogP) is 2.35. The molecule has 7 nitrogen and oxygen atoms in total. The number of methoxy groups -OCH3 is 2. The number of amides is 3. The lowest BCUT2D eigenvalue weighted by Crippen LogP contribution is -2.47. The summed E-state index contributed by atoms with van der Waals surface area (Å²) in [4.78, 5) is 30.6. The van der Waals surface area contributed by atoms with E-state index in [0.29, 0.717) is 24.6 Å². The van der Waals surface area contributed by atoms with Gasteiger partial charge in [0.05, 0.1) is 14.2 Å². The minimum atomic E-state index is -0.143. The standard InChI is InChI=1S/C19H27N3O4/c1-14-6-4-5-9-21(14)18(23)13-20-10-11-22(19(20)24)15-7-8-16(25-2)17(12-15)26-3/h7-8,12,14H,4-6,9-11,13H2,1-3H3. The Labute approximate surface area is 154 Å². The van der Waals surface area contributed by atoms with Crippen molar-refractivity contribution in [2.45, 2.75) is 32.2 Å². The van der Waals surface area contributed by atoms with E-state index in [1.807, 2.05) is 11.0 Å². The van der Waals surface area contributed by atoms with Gasteiger partial charge in [-0.15, -0.1) is 0 Å². The van der Waals surface area contributed by atoms with Crippen LogP contribution in [0.25, 0.3) is 0 Å². The summed E-state index contributed by atoms with van der Waals surface area (Å²) in [6.07, 6.45) is 3.25. The molecule has 2 fully saturated rings. The first kappa shape index (κ1) is 18.4. The summed E-state index contributed by atoms with van der Waals surface area (Å²) in [5, 5.41) is 0. The molecule has 2 aliphatic heterocycles. The van der Waals surface area contributed by atoms with Gasteiger partial charge in [0, 0.05) is 37.4 Å². The number of rotatable bonds is 5. The molecular weight excluding hydrogens is 334 g/mol. The summed E-state index contributed by atoms with van der Waals surface area (Å²) >= 11 is 0. The molecule has 1 aromatic carbocycles. The average Bonchev–Trinajstić information content (AvgIpc) is 3.01. The lowest BCUT2D eigenvalue weighted by Gasteiger charge is -2.34. The number of likely N-dealkylation sites (tertiary alicyclic amines) is 1. The third-order valence-electron chi connectivity index (χ3n) is 5.22. The van der Waals surface area contributed by atoms with Gasteiger partial charge in [0.2, 0.25) is 5.91 Å². The summed E-state index contributed by atoms with van der Waals surface area (Å²) in [6.45, 7) is 4.12. The molecule has 0 bridgehead atoms. The average molecular weight is 361 g/mol. The molecule has 2 saturated heterocycles. The topological polar surface area (TPSA) is 62.3 Å². The fourth-order valence-electron chi connectivity index (χ4n) is 3.68. The van der Waals surface area contributed by atoms with Crippen LogP contribution in [0.5, 0.6) is 11.5 Å². The van der Waals surface area contributed by atoms with E-state index in [0.717, 1.165) is 25.1 Å². The molecule has 1 unspecified atom stereocenters. The largest absolute Gasteiger partial charge is 0.493 e. The SMILES string of the molecule is COc1ccc(N2CCN(CC(=O)N3CCCCC3C)C2=O)cc1OC. The second-order valence-corrected chi connectivity index (χ2v) is 6.83. The highest BCUT2D eigenvalue weighted by molar-refractivity contribution is 5.96. The van der Waals surface area contributed by atoms with Crippen LogP contribution >= 0.6 is 0 Å². The van der Waals surface area contributed by atoms with E-state index in [1.165, 1.54) is 6.42 Å². The number of benzene rings is 1. The number of carbonyl (C=O) groups is 2. The van der Waals surface area contributed by atoms with Gasteiger partial charge in [-0.2, -0.15) is 0 Å². The molecule has 0 aromatic heterocycles. The summed E-state index contributed by atoms with van der Waals surface area (Å²) < 4.78 is 10.6. The fourth-order valence-corrected chi connectivity index (χ4v) is 3.68. The zero-order chi connectivity index (χ0) is 18.7. The molecule has 142 valence electrons. The smallest absolute Gasteiger partial charge is 0.325 e. The van der Waals surface area contributed by atoms with Crippen LogP contribution in [0.2, 0.25) is 0 Å². The Morgan fingerprint density at radius 3 is 2.58 bits per heavy atom. The number of hydrogen-bond acceptors (Lipinski definition) is 4. The van der Waals surface area contributed by atoms with Crippen molar-refractivity contribution in [3.8, 4) is 11.5 Å². The van der Waals surface area contributed by atoms with Gasteiger partial charge < -0.3 is 19.3 Å². The Morgan fingerprint density at radius 1 is 1.12 bits per heavy atom. The number of hydrogen-bond donors (Lipinski definition) is 0. The molecule has 0 N–H and O–H groups in total. The highest BCUT2D eigenvalue weighted by Gasteiger charge is 2.33. The first-order valence-electron chi connectivity index (χ1n) is 9.13. The van der Waals surface area contributed by atoms with Crippen LogP contribution in [0.1, 0.15) is 26.2 Å². The second kappa shape index (κ2) is 7.85. The van der Waals surface area contributed by atoms with E-state index in [4.69, 9.17) is 9.47 Å². The Hall–Kier alpha value is -2.44. The van der Waals surface area contributed by atoms with E-state index in [2.05, 4.69) is 6.92 Å². The third-order valence-corrected chi connectivity index (χ3v) is 5.22. The van der Waals surface area contributed by atoms with Crippen molar-refractivity contribution in [1.29, 1.82) is 0 Å². The number of carbonyl (C=O) groups excluding carboxylic acids is 2. The van der Waals surface area contributed by atoms with Gasteiger partial charge in [0.25, 0.3) is 0 Å². The van der Waals surface area contributed by atoms with E-state index < -0.39 is 0 Å². The monoisotopic (exact) mass is 361 g/mol. The number of nitrogens with zero attached hydrogens (tertiary/aromatic N) is 3. The molecule has 2 heterocycles. The minimum absolute atomic E-state index is 0.0414. The van der Waals surface area contributed by atoms with Crippen molar-refractivity contribution in [2.24, 2.45) is 0 Å². The van der Waals surface area contributed by atoms with Crippen LogP contribution in [0, 0.1) is 0 Å². The molecule has 3 amide bonds. The van der Waals surface area contributed by atoms with Gasteiger partial charge in [0.15, 0.2) is 11.5 Å². The second-order valence-electron chi connectivity index (χ2n) is 6.83. The Balaban J connectivity index is 1.67.